The third-order valence-corrected chi connectivity index (χ3v) is 4.73. The molecule has 3 heterocycles. The fraction of sp³-hybridized carbons (Fsp3) is 0.125. The summed E-state index contributed by atoms with van der Waals surface area (Å²) < 4.78 is 18.0. The number of hydrogen-bond donors (Lipinski definition) is 1. The molecule has 4 rings (SSSR count). The molecule has 0 saturated carbocycles. The molecule has 0 unspecified atom stereocenters. The van der Waals surface area contributed by atoms with Crippen LogP contribution in [0.15, 0.2) is 58.6 Å². The van der Waals surface area contributed by atoms with E-state index in [-0.39, 0.29) is 17.1 Å². The normalized spacial score (nSPS) is 11.3. The second-order valence-electron chi connectivity index (χ2n) is 5.44. The minimum absolute atomic E-state index is 0.206. The molecule has 0 aliphatic rings. The summed E-state index contributed by atoms with van der Waals surface area (Å²) in [5.74, 6) is 6.33. The summed E-state index contributed by atoms with van der Waals surface area (Å²) >= 11 is 1.31. The SMILES string of the molecule is Nn1c(SCCn2nc3ccccn3c2=O)nnc1-c1ccccc1F. The summed E-state index contributed by atoms with van der Waals surface area (Å²) in [6.45, 7) is 0.382. The summed E-state index contributed by atoms with van der Waals surface area (Å²) in [7, 11) is 0. The Hall–Kier alpha value is -3.14. The molecule has 0 aliphatic heterocycles. The summed E-state index contributed by atoms with van der Waals surface area (Å²) in [5.41, 5.74) is 0.666. The number of pyridine rings is 1. The van der Waals surface area contributed by atoms with E-state index in [4.69, 9.17) is 5.84 Å². The van der Waals surface area contributed by atoms with E-state index in [1.165, 1.54) is 31.6 Å². The Morgan fingerprint density at radius 3 is 2.73 bits per heavy atom. The van der Waals surface area contributed by atoms with Crippen molar-refractivity contribution >= 4 is 17.4 Å². The van der Waals surface area contributed by atoms with E-state index in [1.54, 1.807) is 36.5 Å². The van der Waals surface area contributed by atoms with E-state index in [0.717, 1.165) is 0 Å². The Bertz CT molecular complexity index is 1130. The molecule has 0 atom stereocenters. The van der Waals surface area contributed by atoms with Crippen molar-refractivity contribution in [2.75, 3.05) is 11.6 Å². The molecule has 0 bridgehead atoms. The zero-order valence-corrected chi connectivity index (χ0v) is 14.3. The van der Waals surface area contributed by atoms with Crippen LogP contribution in [0.3, 0.4) is 0 Å². The van der Waals surface area contributed by atoms with Crippen LogP contribution in [0, 0.1) is 5.82 Å². The maximum atomic E-state index is 13.9. The van der Waals surface area contributed by atoms with Crippen molar-refractivity contribution < 1.29 is 4.39 Å². The van der Waals surface area contributed by atoms with Crippen molar-refractivity contribution in [3.8, 4) is 11.4 Å². The number of thioether (sulfide) groups is 1. The molecular formula is C16H14FN7OS. The third-order valence-electron chi connectivity index (χ3n) is 3.80. The van der Waals surface area contributed by atoms with Crippen LogP contribution in [-0.2, 0) is 6.54 Å². The van der Waals surface area contributed by atoms with Crippen LogP contribution in [0.5, 0.6) is 0 Å². The van der Waals surface area contributed by atoms with Gasteiger partial charge in [0.15, 0.2) is 11.5 Å². The van der Waals surface area contributed by atoms with Crippen LogP contribution >= 0.6 is 11.8 Å². The molecule has 4 aromatic rings. The van der Waals surface area contributed by atoms with Gasteiger partial charge in [0.25, 0.3) is 0 Å². The number of rotatable bonds is 5. The van der Waals surface area contributed by atoms with Crippen molar-refractivity contribution in [3.63, 3.8) is 0 Å². The van der Waals surface area contributed by atoms with Gasteiger partial charge in [-0.1, -0.05) is 30.0 Å². The average molecular weight is 371 g/mol. The third kappa shape index (κ3) is 2.84. The van der Waals surface area contributed by atoms with Crippen LogP contribution in [0.4, 0.5) is 4.39 Å². The van der Waals surface area contributed by atoms with Crippen molar-refractivity contribution in [2.45, 2.75) is 11.7 Å². The number of nitrogen functional groups attached to an aromatic ring is 1. The fourth-order valence-corrected chi connectivity index (χ4v) is 3.31. The van der Waals surface area contributed by atoms with Crippen LogP contribution in [0.1, 0.15) is 0 Å². The maximum absolute atomic E-state index is 13.9. The minimum Gasteiger partial charge on any atom is -0.335 e. The Morgan fingerprint density at radius 1 is 1.12 bits per heavy atom. The van der Waals surface area contributed by atoms with Gasteiger partial charge in [-0.2, -0.15) is 0 Å². The molecule has 26 heavy (non-hydrogen) atoms. The monoisotopic (exact) mass is 371 g/mol. The standard InChI is InChI=1S/C16H14FN7OS/c17-12-6-2-1-5-11(12)14-19-20-15(24(14)18)26-10-9-23-16(25)22-8-4-3-7-13(22)21-23/h1-8H,9-10,18H2. The zero-order chi connectivity index (χ0) is 18.1. The number of fused-ring (bicyclic) bond motifs is 1. The Morgan fingerprint density at radius 2 is 1.92 bits per heavy atom. The summed E-state index contributed by atoms with van der Waals surface area (Å²) in [6, 6.07) is 11.6. The predicted molar refractivity (Wildman–Crippen MR) is 95.7 cm³/mol. The van der Waals surface area contributed by atoms with E-state index in [0.29, 0.717) is 23.1 Å². The highest BCUT2D eigenvalue weighted by molar-refractivity contribution is 7.99. The molecule has 0 fully saturated rings. The van der Waals surface area contributed by atoms with Gasteiger partial charge in [0.2, 0.25) is 5.16 Å². The average Bonchev–Trinajstić information content (AvgIpc) is 3.17. The molecular weight excluding hydrogens is 357 g/mol. The lowest BCUT2D eigenvalue weighted by molar-refractivity contribution is 0.629. The van der Waals surface area contributed by atoms with Gasteiger partial charge in [-0.3, -0.25) is 4.40 Å². The first kappa shape index (κ1) is 16.3. The highest BCUT2D eigenvalue weighted by Gasteiger charge is 2.15. The van der Waals surface area contributed by atoms with Crippen molar-refractivity contribution in [1.29, 1.82) is 0 Å². The molecule has 0 saturated heterocycles. The van der Waals surface area contributed by atoms with Crippen LogP contribution < -0.4 is 11.5 Å². The van der Waals surface area contributed by atoms with Gasteiger partial charge in [0, 0.05) is 11.9 Å². The van der Waals surface area contributed by atoms with E-state index in [9.17, 15) is 9.18 Å². The molecule has 0 aliphatic carbocycles. The van der Waals surface area contributed by atoms with Crippen molar-refractivity contribution in [1.82, 2.24) is 29.1 Å². The molecule has 132 valence electrons. The minimum atomic E-state index is -0.417. The quantitative estimate of drug-likeness (QED) is 0.421. The zero-order valence-electron chi connectivity index (χ0n) is 13.5. The van der Waals surface area contributed by atoms with Gasteiger partial charge in [-0.05, 0) is 24.3 Å². The molecule has 1 aromatic carbocycles. The molecule has 0 spiro atoms. The number of benzene rings is 1. The van der Waals surface area contributed by atoms with E-state index < -0.39 is 5.82 Å². The molecule has 3 aromatic heterocycles. The molecule has 8 nitrogen and oxygen atoms in total. The predicted octanol–water partition coefficient (Wildman–Crippen LogP) is 1.40. The van der Waals surface area contributed by atoms with Gasteiger partial charge in [-0.15, -0.1) is 15.3 Å². The Balaban J connectivity index is 1.49. The highest BCUT2D eigenvalue weighted by Crippen LogP contribution is 2.23. The lowest BCUT2D eigenvalue weighted by Crippen LogP contribution is -2.22. The van der Waals surface area contributed by atoms with E-state index in [2.05, 4.69) is 15.3 Å². The summed E-state index contributed by atoms with van der Waals surface area (Å²) in [6.07, 6.45) is 1.67. The first-order valence-electron chi connectivity index (χ1n) is 7.77. The second-order valence-corrected chi connectivity index (χ2v) is 6.50. The smallest absolute Gasteiger partial charge is 0.335 e. The largest absolute Gasteiger partial charge is 0.350 e. The van der Waals surface area contributed by atoms with Crippen LogP contribution in [-0.4, -0.2) is 34.8 Å². The molecule has 2 N–H and O–H groups in total. The maximum Gasteiger partial charge on any atom is 0.350 e. The molecule has 0 radical (unpaired) electrons. The fourth-order valence-electron chi connectivity index (χ4n) is 2.54. The summed E-state index contributed by atoms with van der Waals surface area (Å²) in [4.78, 5) is 12.2. The first-order valence-corrected chi connectivity index (χ1v) is 8.76. The lowest BCUT2D eigenvalue weighted by Gasteiger charge is -2.04. The molecule has 10 heteroatoms. The topological polar surface area (TPSA) is 96.0 Å². The van der Waals surface area contributed by atoms with E-state index in [1.807, 2.05) is 6.07 Å². The van der Waals surface area contributed by atoms with Gasteiger partial charge in [0.1, 0.15) is 5.82 Å². The van der Waals surface area contributed by atoms with Crippen molar-refractivity contribution in [2.24, 2.45) is 0 Å². The number of hydrogen-bond acceptors (Lipinski definition) is 6. The highest BCUT2D eigenvalue weighted by atomic mass is 32.2. The molecule has 0 amide bonds. The van der Waals surface area contributed by atoms with Crippen molar-refractivity contribution in [3.05, 3.63) is 65.0 Å². The second kappa shape index (κ2) is 6.64. The number of aromatic nitrogens is 6. The van der Waals surface area contributed by atoms with Gasteiger partial charge in [-0.25, -0.2) is 18.5 Å². The summed E-state index contributed by atoms with van der Waals surface area (Å²) in [5, 5.41) is 12.7. The van der Waals surface area contributed by atoms with Crippen LogP contribution in [0.25, 0.3) is 17.0 Å². The van der Waals surface area contributed by atoms with Gasteiger partial charge in [0.05, 0.1) is 12.1 Å². The number of nitrogens with zero attached hydrogens (tertiary/aromatic N) is 6. The van der Waals surface area contributed by atoms with Crippen LogP contribution in [0.2, 0.25) is 0 Å². The number of halogens is 1. The van der Waals surface area contributed by atoms with E-state index >= 15 is 0 Å². The Labute approximate surface area is 151 Å². The lowest BCUT2D eigenvalue weighted by atomic mass is 10.2. The number of aryl methyl sites for hydroxylation is 1. The number of nitrogens with two attached hydrogens (primary N) is 1. The Kier molecular flexibility index (Phi) is 4.17. The first-order chi connectivity index (χ1) is 12.6. The van der Waals surface area contributed by atoms with Gasteiger partial charge < -0.3 is 5.84 Å². The van der Waals surface area contributed by atoms with Gasteiger partial charge >= 0.3 is 5.69 Å².